The number of nitrogens with two attached hydrogens (primary N) is 1. The summed E-state index contributed by atoms with van der Waals surface area (Å²) in [6.07, 6.45) is 5.31. The lowest BCUT2D eigenvalue weighted by Gasteiger charge is -2.23. The lowest BCUT2D eigenvalue weighted by Crippen LogP contribution is -2.22. The minimum absolute atomic E-state index is 0.412. The molecule has 0 bridgehead atoms. The van der Waals surface area contributed by atoms with E-state index in [4.69, 9.17) is 5.73 Å². The quantitative estimate of drug-likeness (QED) is 0.890. The van der Waals surface area contributed by atoms with Crippen LogP contribution in [0.2, 0.25) is 0 Å². The molecular formula is C14H20N4S2. The highest BCUT2D eigenvalue weighted by Gasteiger charge is 2.29. The maximum Gasteiger partial charge on any atom is 0.149 e. The standard InChI is InChI=1S/C14H20N4S2/c1-9-7-19-13(17-9)10-11(15)18-20-12(10)16-8-14(2)5-3-4-6-14/h7,16H,3-6,8H2,1-2H3,(H2,15,18). The van der Waals surface area contributed by atoms with Gasteiger partial charge < -0.3 is 11.1 Å². The molecule has 1 aliphatic rings. The minimum atomic E-state index is 0.412. The first-order valence-electron chi connectivity index (χ1n) is 6.99. The highest BCUT2D eigenvalue weighted by atomic mass is 32.1. The van der Waals surface area contributed by atoms with Crippen LogP contribution >= 0.6 is 22.9 Å². The van der Waals surface area contributed by atoms with Crippen molar-refractivity contribution < 1.29 is 0 Å². The zero-order valence-electron chi connectivity index (χ0n) is 11.9. The second-order valence-electron chi connectivity index (χ2n) is 5.94. The number of rotatable bonds is 4. The molecule has 0 atom stereocenters. The summed E-state index contributed by atoms with van der Waals surface area (Å²) in [5.74, 6) is 0.587. The molecule has 108 valence electrons. The third kappa shape index (κ3) is 2.67. The van der Waals surface area contributed by atoms with Crippen LogP contribution in [0.25, 0.3) is 10.6 Å². The first-order valence-corrected chi connectivity index (χ1v) is 8.64. The van der Waals surface area contributed by atoms with Crippen LogP contribution in [-0.2, 0) is 0 Å². The van der Waals surface area contributed by atoms with Crippen molar-refractivity contribution >= 4 is 33.7 Å². The fourth-order valence-corrected chi connectivity index (χ4v) is 4.43. The molecule has 0 radical (unpaired) electrons. The molecular weight excluding hydrogens is 288 g/mol. The van der Waals surface area contributed by atoms with Crippen molar-refractivity contribution in [1.29, 1.82) is 0 Å². The summed E-state index contributed by atoms with van der Waals surface area (Å²) in [7, 11) is 0. The van der Waals surface area contributed by atoms with Gasteiger partial charge in [-0.15, -0.1) is 11.3 Å². The van der Waals surface area contributed by atoms with Gasteiger partial charge in [0.05, 0.1) is 5.56 Å². The van der Waals surface area contributed by atoms with Gasteiger partial charge in [0, 0.05) is 17.6 Å². The Bertz CT molecular complexity index is 596. The highest BCUT2D eigenvalue weighted by Crippen LogP contribution is 2.41. The molecule has 1 saturated carbocycles. The predicted octanol–water partition coefficient (Wildman–Crippen LogP) is 4.15. The van der Waals surface area contributed by atoms with E-state index in [1.807, 2.05) is 6.92 Å². The number of thiazole rings is 1. The van der Waals surface area contributed by atoms with E-state index in [1.54, 1.807) is 11.3 Å². The normalized spacial score (nSPS) is 17.5. The highest BCUT2D eigenvalue weighted by molar-refractivity contribution is 7.15. The molecule has 0 saturated heterocycles. The van der Waals surface area contributed by atoms with Crippen LogP contribution in [-0.4, -0.2) is 15.9 Å². The van der Waals surface area contributed by atoms with E-state index < -0.39 is 0 Å². The van der Waals surface area contributed by atoms with Gasteiger partial charge in [0.15, 0.2) is 0 Å². The molecule has 2 aromatic heterocycles. The smallest absolute Gasteiger partial charge is 0.149 e. The van der Waals surface area contributed by atoms with E-state index in [9.17, 15) is 0 Å². The zero-order valence-corrected chi connectivity index (χ0v) is 13.5. The van der Waals surface area contributed by atoms with Crippen LogP contribution in [0.15, 0.2) is 5.38 Å². The fourth-order valence-electron chi connectivity index (χ4n) is 2.80. The molecule has 4 nitrogen and oxygen atoms in total. The number of aromatic nitrogens is 2. The van der Waals surface area contributed by atoms with Gasteiger partial charge in [-0.2, -0.15) is 4.37 Å². The second kappa shape index (κ2) is 5.33. The molecule has 1 fully saturated rings. The summed E-state index contributed by atoms with van der Waals surface area (Å²) in [5, 5.41) is 7.64. The van der Waals surface area contributed by atoms with Crippen molar-refractivity contribution in [3.8, 4) is 10.6 Å². The molecule has 2 aromatic rings. The summed E-state index contributed by atoms with van der Waals surface area (Å²) in [5.41, 5.74) is 8.45. The average molecular weight is 308 g/mol. The largest absolute Gasteiger partial charge is 0.382 e. The lowest BCUT2D eigenvalue weighted by atomic mass is 9.89. The van der Waals surface area contributed by atoms with Crippen molar-refractivity contribution in [1.82, 2.24) is 9.36 Å². The van der Waals surface area contributed by atoms with Gasteiger partial charge in [0.2, 0.25) is 0 Å². The first kappa shape index (κ1) is 13.8. The third-order valence-electron chi connectivity index (χ3n) is 4.04. The summed E-state index contributed by atoms with van der Waals surface area (Å²) in [4.78, 5) is 4.54. The summed E-state index contributed by atoms with van der Waals surface area (Å²) in [6, 6.07) is 0. The van der Waals surface area contributed by atoms with Crippen molar-refractivity contribution in [2.45, 2.75) is 39.5 Å². The van der Waals surface area contributed by atoms with Gasteiger partial charge in [-0.05, 0) is 36.7 Å². The minimum Gasteiger partial charge on any atom is -0.382 e. The molecule has 0 aromatic carbocycles. The predicted molar refractivity (Wildman–Crippen MR) is 87.4 cm³/mol. The van der Waals surface area contributed by atoms with Gasteiger partial charge in [0.1, 0.15) is 15.8 Å². The number of nitrogens with one attached hydrogen (secondary N) is 1. The van der Waals surface area contributed by atoms with Gasteiger partial charge in [-0.3, -0.25) is 0 Å². The SMILES string of the molecule is Cc1csc(-c2c(N)nsc2NCC2(C)CCCC2)n1. The van der Waals surface area contributed by atoms with Crippen LogP contribution in [0.3, 0.4) is 0 Å². The molecule has 3 rings (SSSR count). The fraction of sp³-hybridized carbons (Fsp3) is 0.571. The maximum absolute atomic E-state index is 6.03. The number of hydrogen-bond acceptors (Lipinski definition) is 6. The first-order chi connectivity index (χ1) is 9.57. The molecule has 1 aliphatic carbocycles. The third-order valence-corrected chi connectivity index (χ3v) is 5.83. The zero-order chi connectivity index (χ0) is 14.2. The monoisotopic (exact) mass is 308 g/mol. The van der Waals surface area contributed by atoms with Crippen molar-refractivity contribution in [2.24, 2.45) is 5.41 Å². The molecule has 0 aliphatic heterocycles. The Morgan fingerprint density at radius 1 is 1.40 bits per heavy atom. The maximum atomic E-state index is 6.03. The topological polar surface area (TPSA) is 63.8 Å². The Morgan fingerprint density at radius 3 is 2.80 bits per heavy atom. The van der Waals surface area contributed by atoms with Crippen LogP contribution in [0.1, 0.15) is 38.3 Å². The molecule has 20 heavy (non-hydrogen) atoms. The second-order valence-corrected chi connectivity index (χ2v) is 7.57. The van der Waals surface area contributed by atoms with Gasteiger partial charge in [-0.25, -0.2) is 4.98 Å². The number of nitrogens with zero attached hydrogens (tertiary/aromatic N) is 2. The van der Waals surface area contributed by atoms with Crippen molar-refractivity contribution in [2.75, 3.05) is 17.6 Å². The summed E-state index contributed by atoms with van der Waals surface area (Å²) in [6.45, 7) is 5.36. The van der Waals surface area contributed by atoms with Crippen LogP contribution in [0.5, 0.6) is 0 Å². The van der Waals surface area contributed by atoms with Crippen LogP contribution in [0, 0.1) is 12.3 Å². The van der Waals surface area contributed by atoms with E-state index in [0.717, 1.165) is 27.8 Å². The van der Waals surface area contributed by atoms with Gasteiger partial charge in [-0.1, -0.05) is 19.8 Å². The van der Waals surface area contributed by atoms with Crippen LogP contribution < -0.4 is 11.1 Å². The Balaban J connectivity index is 1.80. The Labute approximate surface area is 127 Å². The van der Waals surface area contributed by atoms with E-state index in [2.05, 4.69) is 27.0 Å². The van der Waals surface area contributed by atoms with E-state index in [-0.39, 0.29) is 0 Å². The van der Waals surface area contributed by atoms with Gasteiger partial charge >= 0.3 is 0 Å². The van der Waals surface area contributed by atoms with E-state index in [0.29, 0.717) is 11.2 Å². The summed E-state index contributed by atoms with van der Waals surface area (Å²) >= 11 is 3.07. The Hall–Kier alpha value is -1.14. The summed E-state index contributed by atoms with van der Waals surface area (Å²) < 4.78 is 4.29. The Morgan fingerprint density at radius 2 is 2.15 bits per heavy atom. The van der Waals surface area contributed by atoms with Crippen molar-refractivity contribution in [3.63, 3.8) is 0 Å². The lowest BCUT2D eigenvalue weighted by molar-refractivity contribution is 0.362. The number of nitrogen functional groups attached to an aromatic ring is 1. The molecule has 0 spiro atoms. The molecule has 2 heterocycles. The van der Waals surface area contributed by atoms with E-state index in [1.165, 1.54) is 37.2 Å². The number of aryl methyl sites for hydroxylation is 1. The molecule has 6 heteroatoms. The molecule has 0 amide bonds. The number of hydrogen-bond donors (Lipinski definition) is 2. The Kier molecular flexibility index (Phi) is 3.69. The molecule has 0 unspecified atom stereocenters. The van der Waals surface area contributed by atoms with E-state index >= 15 is 0 Å². The van der Waals surface area contributed by atoms with Gasteiger partial charge in [0.25, 0.3) is 0 Å². The number of anilines is 2. The molecule has 3 N–H and O–H groups in total. The average Bonchev–Trinajstić information content (AvgIpc) is 3.09. The van der Waals surface area contributed by atoms with Crippen LogP contribution in [0.4, 0.5) is 10.8 Å². The van der Waals surface area contributed by atoms with Crippen molar-refractivity contribution in [3.05, 3.63) is 11.1 Å².